The lowest BCUT2D eigenvalue weighted by Gasteiger charge is -2.34. The summed E-state index contributed by atoms with van der Waals surface area (Å²) in [5, 5.41) is 6.88. The average molecular weight is 440 g/mol. The highest BCUT2D eigenvalue weighted by Crippen LogP contribution is 2.28. The first-order valence-corrected chi connectivity index (χ1v) is 11.9. The van der Waals surface area contributed by atoms with Crippen molar-refractivity contribution in [3.8, 4) is 0 Å². The molecular weight excluding hydrogens is 414 g/mol. The Kier molecular flexibility index (Phi) is 7.45. The molecule has 2 amide bonds. The quantitative estimate of drug-likeness (QED) is 0.609. The van der Waals surface area contributed by atoms with Crippen molar-refractivity contribution in [1.29, 1.82) is 0 Å². The van der Waals surface area contributed by atoms with E-state index in [1.807, 2.05) is 0 Å². The molecule has 1 aliphatic heterocycles. The fourth-order valence-corrected chi connectivity index (χ4v) is 6.21. The molecule has 2 aromatic heterocycles. The highest BCUT2D eigenvalue weighted by Gasteiger charge is 2.33. The summed E-state index contributed by atoms with van der Waals surface area (Å²) in [6.07, 6.45) is 5.04. The normalized spacial score (nSPS) is 17.7. The third-order valence-electron chi connectivity index (χ3n) is 4.84. The standard InChI is InChI=1S/C19H25N3O5S2/c23-18(19(24)21-11-9-16-6-3-13-27-16)20-10-8-15-5-1-2-12-22(15)29(25,26)17-7-4-14-28-17/h3-4,6-7,13-15H,1-2,5,8-12H2,(H,20,23)(H,21,24)/t15-/m1/s1. The van der Waals surface area contributed by atoms with Gasteiger partial charge in [0.1, 0.15) is 9.97 Å². The second-order valence-electron chi connectivity index (χ2n) is 6.83. The monoisotopic (exact) mass is 439 g/mol. The van der Waals surface area contributed by atoms with Crippen LogP contribution in [-0.2, 0) is 26.0 Å². The third-order valence-corrected chi connectivity index (χ3v) is 8.16. The first kappa shape index (κ1) is 21.5. The molecule has 0 saturated carbocycles. The van der Waals surface area contributed by atoms with E-state index in [2.05, 4.69) is 10.6 Å². The molecular formula is C19H25N3O5S2. The van der Waals surface area contributed by atoms with Crippen molar-refractivity contribution in [3.63, 3.8) is 0 Å². The zero-order valence-corrected chi connectivity index (χ0v) is 17.6. The predicted molar refractivity (Wildman–Crippen MR) is 109 cm³/mol. The molecule has 2 N–H and O–H groups in total. The van der Waals surface area contributed by atoms with Crippen LogP contribution in [0.2, 0.25) is 0 Å². The molecule has 0 aromatic carbocycles. The molecule has 0 unspecified atom stereocenters. The number of hydrogen-bond donors (Lipinski definition) is 2. The van der Waals surface area contributed by atoms with E-state index < -0.39 is 21.8 Å². The van der Waals surface area contributed by atoms with E-state index in [0.717, 1.165) is 25.0 Å². The van der Waals surface area contributed by atoms with Gasteiger partial charge < -0.3 is 15.1 Å². The van der Waals surface area contributed by atoms with Gasteiger partial charge in [-0.05, 0) is 42.8 Å². The number of rotatable bonds is 8. The van der Waals surface area contributed by atoms with Gasteiger partial charge in [0.05, 0.1) is 6.26 Å². The van der Waals surface area contributed by atoms with Crippen molar-refractivity contribution >= 4 is 33.2 Å². The van der Waals surface area contributed by atoms with Gasteiger partial charge in [0, 0.05) is 32.1 Å². The molecule has 2 aromatic rings. The van der Waals surface area contributed by atoms with Gasteiger partial charge in [0.2, 0.25) is 0 Å². The van der Waals surface area contributed by atoms with E-state index in [1.165, 1.54) is 15.6 Å². The molecule has 0 radical (unpaired) electrons. The van der Waals surface area contributed by atoms with Crippen LogP contribution in [0.3, 0.4) is 0 Å². The van der Waals surface area contributed by atoms with Crippen LogP contribution in [0.4, 0.5) is 0 Å². The molecule has 1 atom stereocenters. The fourth-order valence-electron chi connectivity index (χ4n) is 3.37. The number of hydrogen-bond acceptors (Lipinski definition) is 6. The zero-order chi connectivity index (χ0) is 20.7. The number of carbonyl (C=O) groups excluding carboxylic acids is 2. The molecule has 3 heterocycles. The third kappa shape index (κ3) is 5.68. The molecule has 29 heavy (non-hydrogen) atoms. The lowest BCUT2D eigenvalue weighted by molar-refractivity contribution is -0.139. The molecule has 3 rings (SSSR count). The van der Waals surface area contributed by atoms with E-state index in [1.54, 1.807) is 35.9 Å². The number of furan rings is 1. The Hall–Kier alpha value is -2.17. The molecule has 8 nitrogen and oxygen atoms in total. The summed E-state index contributed by atoms with van der Waals surface area (Å²) in [6.45, 7) is 1.02. The SMILES string of the molecule is O=C(NCCc1ccco1)C(=O)NCC[C@H]1CCCCN1S(=O)(=O)c1cccs1. The van der Waals surface area contributed by atoms with Crippen molar-refractivity contribution in [2.75, 3.05) is 19.6 Å². The molecule has 0 bridgehead atoms. The van der Waals surface area contributed by atoms with Gasteiger partial charge in [0.15, 0.2) is 0 Å². The summed E-state index contributed by atoms with van der Waals surface area (Å²) in [6, 6.07) is 6.71. The molecule has 0 aliphatic carbocycles. The number of thiophene rings is 1. The van der Waals surface area contributed by atoms with Crippen LogP contribution in [0, 0.1) is 0 Å². The van der Waals surface area contributed by atoms with Crippen molar-refractivity contribution in [3.05, 3.63) is 41.7 Å². The Morgan fingerprint density at radius 1 is 1.14 bits per heavy atom. The molecule has 1 aliphatic rings. The maximum atomic E-state index is 12.9. The first-order chi connectivity index (χ1) is 14.0. The van der Waals surface area contributed by atoms with E-state index in [4.69, 9.17) is 4.42 Å². The lowest BCUT2D eigenvalue weighted by atomic mass is 10.0. The molecule has 1 saturated heterocycles. The Morgan fingerprint density at radius 2 is 1.93 bits per heavy atom. The maximum Gasteiger partial charge on any atom is 0.309 e. The van der Waals surface area contributed by atoms with Crippen molar-refractivity contribution in [2.24, 2.45) is 0 Å². The van der Waals surface area contributed by atoms with Crippen LogP contribution in [0.25, 0.3) is 0 Å². The highest BCUT2D eigenvalue weighted by atomic mass is 32.2. The van der Waals surface area contributed by atoms with Crippen LogP contribution >= 0.6 is 11.3 Å². The highest BCUT2D eigenvalue weighted by molar-refractivity contribution is 7.91. The van der Waals surface area contributed by atoms with Crippen molar-refractivity contribution in [1.82, 2.24) is 14.9 Å². The number of nitrogens with one attached hydrogen (secondary N) is 2. The minimum Gasteiger partial charge on any atom is -0.469 e. The Bertz CT molecular complexity index is 894. The van der Waals surface area contributed by atoms with E-state index in [-0.39, 0.29) is 12.6 Å². The largest absolute Gasteiger partial charge is 0.469 e. The summed E-state index contributed by atoms with van der Waals surface area (Å²) >= 11 is 1.21. The van der Waals surface area contributed by atoms with Gasteiger partial charge in [-0.1, -0.05) is 12.5 Å². The van der Waals surface area contributed by atoms with Crippen LogP contribution in [0.5, 0.6) is 0 Å². The van der Waals surface area contributed by atoms with Crippen LogP contribution in [0.15, 0.2) is 44.5 Å². The van der Waals surface area contributed by atoms with E-state index in [9.17, 15) is 18.0 Å². The summed E-state index contributed by atoms with van der Waals surface area (Å²) < 4.78 is 32.8. The smallest absolute Gasteiger partial charge is 0.309 e. The number of carbonyl (C=O) groups is 2. The molecule has 10 heteroatoms. The minimum absolute atomic E-state index is 0.182. The first-order valence-electron chi connectivity index (χ1n) is 9.62. The van der Waals surface area contributed by atoms with Gasteiger partial charge >= 0.3 is 11.8 Å². The van der Waals surface area contributed by atoms with E-state index in [0.29, 0.717) is 30.1 Å². The summed E-state index contributed by atoms with van der Waals surface area (Å²) in [5.41, 5.74) is 0. The average Bonchev–Trinajstić information content (AvgIpc) is 3.42. The molecule has 158 valence electrons. The van der Waals surface area contributed by atoms with Gasteiger partial charge in [-0.2, -0.15) is 4.31 Å². The van der Waals surface area contributed by atoms with Gasteiger partial charge in [-0.15, -0.1) is 11.3 Å². The Morgan fingerprint density at radius 3 is 2.62 bits per heavy atom. The molecule has 1 fully saturated rings. The van der Waals surface area contributed by atoms with E-state index >= 15 is 0 Å². The Balaban J connectivity index is 1.45. The second-order valence-corrected chi connectivity index (χ2v) is 9.89. The summed E-state index contributed by atoms with van der Waals surface area (Å²) in [5.74, 6) is -0.689. The lowest BCUT2D eigenvalue weighted by Crippen LogP contribution is -2.46. The Labute approximate surface area is 174 Å². The van der Waals surface area contributed by atoms with Crippen LogP contribution in [-0.4, -0.2) is 50.2 Å². The molecule has 0 spiro atoms. The van der Waals surface area contributed by atoms with Crippen molar-refractivity contribution < 1.29 is 22.4 Å². The van der Waals surface area contributed by atoms with Crippen LogP contribution < -0.4 is 10.6 Å². The maximum absolute atomic E-state index is 12.9. The summed E-state index contributed by atoms with van der Waals surface area (Å²) in [4.78, 5) is 23.8. The second kappa shape index (κ2) is 10.0. The topological polar surface area (TPSA) is 109 Å². The van der Waals surface area contributed by atoms with Crippen LogP contribution in [0.1, 0.15) is 31.4 Å². The fraction of sp³-hybridized carbons (Fsp3) is 0.474. The predicted octanol–water partition coefficient (Wildman–Crippen LogP) is 1.75. The number of piperidine rings is 1. The number of sulfonamides is 1. The number of nitrogens with zero attached hydrogens (tertiary/aromatic N) is 1. The van der Waals surface area contributed by atoms with Gasteiger partial charge in [-0.25, -0.2) is 8.42 Å². The zero-order valence-electron chi connectivity index (χ0n) is 16.0. The van der Waals surface area contributed by atoms with Gasteiger partial charge in [0.25, 0.3) is 10.0 Å². The van der Waals surface area contributed by atoms with Gasteiger partial charge in [-0.3, -0.25) is 9.59 Å². The van der Waals surface area contributed by atoms with Crippen molar-refractivity contribution in [2.45, 2.75) is 42.4 Å². The number of amides is 2. The summed E-state index contributed by atoms with van der Waals surface area (Å²) in [7, 11) is -3.52. The minimum atomic E-state index is -3.52.